The average molecular weight is 403 g/mol. The molecular weight excluding hydrogens is 364 g/mol. The van der Waals surface area contributed by atoms with E-state index in [0.29, 0.717) is 19.6 Å². The predicted molar refractivity (Wildman–Crippen MR) is 117 cm³/mol. The van der Waals surface area contributed by atoms with Gasteiger partial charge in [-0.15, -0.1) is 0 Å². The average Bonchev–Trinajstić information content (AvgIpc) is 3.12. The number of hydrogen-bond donors (Lipinski definition) is 1. The molecule has 0 spiro atoms. The second-order valence-corrected chi connectivity index (χ2v) is 8.76. The Bertz CT molecular complexity index is 649. The zero-order chi connectivity index (χ0) is 20.5. The van der Waals surface area contributed by atoms with Gasteiger partial charge in [0.15, 0.2) is 11.5 Å². The number of nitrogens with one attached hydrogen (secondary N) is 1. The smallest absolute Gasteiger partial charge is 0.220 e. The largest absolute Gasteiger partial charge is 0.486 e. The van der Waals surface area contributed by atoms with Gasteiger partial charge in [0.25, 0.3) is 0 Å². The standard InChI is InChI=1S/C24H38N2O3/c1-3-4-5-6-7-8-24(27)25-21(18-26-12-11-19(2)17-26)15-20-9-10-22-23(16-20)29-14-13-28-22/h9-10,16,19,21H,3-8,11-15,17-18H2,1-2H3,(H,25,27)/t19-,21-/m0/s1. The summed E-state index contributed by atoms with van der Waals surface area (Å²) in [4.78, 5) is 15.1. The van der Waals surface area contributed by atoms with Crippen molar-refractivity contribution in [2.45, 2.75) is 71.3 Å². The molecule has 0 aliphatic carbocycles. The summed E-state index contributed by atoms with van der Waals surface area (Å²) in [6.45, 7) is 8.91. The Kier molecular flexibility index (Phi) is 8.66. The van der Waals surface area contributed by atoms with Crippen molar-refractivity contribution in [2.24, 2.45) is 5.92 Å². The van der Waals surface area contributed by atoms with Crippen molar-refractivity contribution in [1.82, 2.24) is 10.2 Å². The molecule has 1 amide bonds. The lowest BCUT2D eigenvalue weighted by atomic mass is 10.0. The molecule has 2 atom stereocenters. The summed E-state index contributed by atoms with van der Waals surface area (Å²) >= 11 is 0. The van der Waals surface area contributed by atoms with E-state index in [1.165, 1.54) is 31.2 Å². The zero-order valence-corrected chi connectivity index (χ0v) is 18.3. The minimum absolute atomic E-state index is 0.131. The van der Waals surface area contributed by atoms with Gasteiger partial charge < -0.3 is 19.7 Å². The van der Waals surface area contributed by atoms with E-state index < -0.39 is 0 Å². The monoisotopic (exact) mass is 402 g/mol. The maximum atomic E-state index is 12.6. The second kappa shape index (κ2) is 11.4. The minimum atomic E-state index is 0.131. The highest BCUT2D eigenvalue weighted by atomic mass is 16.6. The van der Waals surface area contributed by atoms with Crippen molar-refractivity contribution in [3.05, 3.63) is 23.8 Å². The number of rotatable bonds is 11. The molecule has 2 aliphatic rings. The third kappa shape index (κ3) is 7.22. The number of likely N-dealkylation sites (tertiary alicyclic amines) is 1. The first-order chi connectivity index (χ1) is 14.1. The second-order valence-electron chi connectivity index (χ2n) is 8.76. The van der Waals surface area contributed by atoms with E-state index in [1.54, 1.807) is 0 Å². The molecule has 1 aromatic carbocycles. The number of carbonyl (C=O) groups is 1. The molecule has 1 saturated heterocycles. The molecule has 5 heteroatoms. The highest BCUT2D eigenvalue weighted by Crippen LogP contribution is 2.31. The molecule has 29 heavy (non-hydrogen) atoms. The normalized spacial score (nSPS) is 19.9. The quantitative estimate of drug-likeness (QED) is 0.564. The van der Waals surface area contributed by atoms with Crippen LogP contribution in [0.4, 0.5) is 0 Å². The van der Waals surface area contributed by atoms with Gasteiger partial charge in [0, 0.05) is 25.6 Å². The Morgan fingerprint density at radius 2 is 1.97 bits per heavy atom. The highest BCUT2D eigenvalue weighted by molar-refractivity contribution is 5.76. The van der Waals surface area contributed by atoms with Crippen molar-refractivity contribution in [3.63, 3.8) is 0 Å². The molecule has 5 nitrogen and oxygen atoms in total. The number of unbranched alkanes of at least 4 members (excludes halogenated alkanes) is 4. The van der Waals surface area contributed by atoms with Crippen molar-refractivity contribution < 1.29 is 14.3 Å². The lowest BCUT2D eigenvalue weighted by molar-refractivity contribution is -0.122. The van der Waals surface area contributed by atoms with Crippen LogP contribution < -0.4 is 14.8 Å². The fourth-order valence-corrected chi connectivity index (χ4v) is 4.35. The highest BCUT2D eigenvalue weighted by Gasteiger charge is 2.23. The van der Waals surface area contributed by atoms with Gasteiger partial charge in [0.05, 0.1) is 0 Å². The first-order valence-electron chi connectivity index (χ1n) is 11.5. The van der Waals surface area contributed by atoms with Gasteiger partial charge >= 0.3 is 0 Å². The van der Waals surface area contributed by atoms with Crippen LogP contribution in [0.3, 0.4) is 0 Å². The molecule has 1 fully saturated rings. The van der Waals surface area contributed by atoms with Gasteiger partial charge in [-0.3, -0.25) is 4.79 Å². The van der Waals surface area contributed by atoms with Gasteiger partial charge in [0.1, 0.15) is 13.2 Å². The first kappa shape index (κ1) is 21.9. The van der Waals surface area contributed by atoms with Gasteiger partial charge in [-0.25, -0.2) is 0 Å². The molecule has 0 aromatic heterocycles. The van der Waals surface area contributed by atoms with Crippen LogP contribution in [0.5, 0.6) is 11.5 Å². The summed E-state index contributed by atoms with van der Waals surface area (Å²) < 4.78 is 11.4. The predicted octanol–water partition coefficient (Wildman–Crippen LogP) is 4.19. The topological polar surface area (TPSA) is 50.8 Å². The fourth-order valence-electron chi connectivity index (χ4n) is 4.35. The van der Waals surface area contributed by atoms with Gasteiger partial charge in [-0.05, 0) is 49.4 Å². The lowest BCUT2D eigenvalue weighted by Gasteiger charge is -2.26. The summed E-state index contributed by atoms with van der Waals surface area (Å²) in [6, 6.07) is 6.30. The van der Waals surface area contributed by atoms with E-state index in [9.17, 15) is 4.79 Å². The maximum Gasteiger partial charge on any atom is 0.220 e. The molecule has 3 rings (SSSR count). The van der Waals surface area contributed by atoms with E-state index in [2.05, 4.69) is 36.2 Å². The van der Waals surface area contributed by atoms with Crippen LogP contribution in [-0.2, 0) is 11.2 Å². The maximum absolute atomic E-state index is 12.6. The molecule has 0 unspecified atom stereocenters. The van der Waals surface area contributed by atoms with Crippen molar-refractivity contribution in [2.75, 3.05) is 32.8 Å². The lowest BCUT2D eigenvalue weighted by Crippen LogP contribution is -2.44. The Hall–Kier alpha value is -1.75. The number of amides is 1. The number of nitrogens with zero attached hydrogens (tertiary/aromatic N) is 1. The molecule has 0 radical (unpaired) electrons. The Labute approximate surface area is 176 Å². The third-order valence-electron chi connectivity index (χ3n) is 5.95. The summed E-state index contributed by atoms with van der Waals surface area (Å²) in [5.41, 5.74) is 1.19. The Morgan fingerprint density at radius 3 is 2.72 bits per heavy atom. The number of hydrogen-bond acceptors (Lipinski definition) is 4. The zero-order valence-electron chi connectivity index (χ0n) is 18.3. The summed E-state index contributed by atoms with van der Waals surface area (Å²) in [5.74, 6) is 2.58. The van der Waals surface area contributed by atoms with Crippen LogP contribution in [0, 0.1) is 5.92 Å². The summed E-state index contributed by atoms with van der Waals surface area (Å²) in [5, 5.41) is 3.33. The van der Waals surface area contributed by atoms with E-state index in [0.717, 1.165) is 56.3 Å². The Morgan fingerprint density at radius 1 is 1.17 bits per heavy atom. The number of benzene rings is 1. The molecule has 1 aromatic rings. The number of ether oxygens (including phenoxy) is 2. The first-order valence-corrected chi connectivity index (χ1v) is 11.5. The van der Waals surface area contributed by atoms with Crippen LogP contribution in [0.15, 0.2) is 18.2 Å². The molecule has 0 bridgehead atoms. The minimum Gasteiger partial charge on any atom is -0.486 e. The number of fused-ring (bicyclic) bond motifs is 1. The summed E-state index contributed by atoms with van der Waals surface area (Å²) in [6.07, 6.45) is 8.58. The van der Waals surface area contributed by atoms with E-state index >= 15 is 0 Å². The van der Waals surface area contributed by atoms with Crippen LogP contribution in [0.2, 0.25) is 0 Å². The van der Waals surface area contributed by atoms with E-state index in [4.69, 9.17) is 9.47 Å². The van der Waals surface area contributed by atoms with E-state index in [1.807, 2.05) is 6.07 Å². The SMILES string of the molecule is CCCCCCCC(=O)N[C@@H](Cc1ccc2c(c1)OCCO2)CN1CC[C@H](C)C1. The Balaban J connectivity index is 1.56. The summed E-state index contributed by atoms with van der Waals surface area (Å²) in [7, 11) is 0. The van der Waals surface area contributed by atoms with Gasteiger partial charge in [0.2, 0.25) is 5.91 Å². The molecular formula is C24H38N2O3. The number of carbonyl (C=O) groups excluding carboxylic acids is 1. The molecule has 2 heterocycles. The molecule has 0 saturated carbocycles. The van der Waals surface area contributed by atoms with Crippen LogP contribution in [-0.4, -0.2) is 49.7 Å². The fraction of sp³-hybridized carbons (Fsp3) is 0.708. The molecule has 1 N–H and O–H groups in total. The van der Waals surface area contributed by atoms with Gasteiger partial charge in [-0.2, -0.15) is 0 Å². The van der Waals surface area contributed by atoms with E-state index in [-0.39, 0.29) is 11.9 Å². The van der Waals surface area contributed by atoms with Crippen molar-refractivity contribution in [3.8, 4) is 11.5 Å². The van der Waals surface area contributed by atoms with Crippen molar-refractivity contribution >= 4 is 5.91 Å². The molecule has 162 valence electrons. The third-order valence-corrected chi connectivity index (χ3v) is 5.95. The van der Waals surface area contributed by atoms with Crippen LogP contribution >= 0.6 is 0 Å². The van der Waals surface area contributed by atoms with Crippen molar-refractivity contribution in [1.29, 1.82) is 0 Å². The van der Waals surface area contributed by atoms with Crippen LogP contribution in [0.1, 0.15) is 64.4 Å². The van der Waals surface area contributed by atoms with Gasteiger partial charge in [-0.1, -0.05) is 45.6 Å². The molecule has 2 aliphatic heterocycles. The van der Waals surface area contributed by atoms with Crippen LogP contribution in [0.25, 0.3) is 0 Å².